The first-order chi connectivity index (χ1) is 6.50. The van der Waals surface area contributed by atoms with Gasteiger partial charge in [0.1, 0.15) is 0 Å². The molecule has 0 aliphatic heterocycles. The van der Waals surface area contributed by atoms with Crippen molar-refractivity contribution in [2.45, 2.75) is 52.9 Å². The van der Waals surface area contributed by atoms with Crippen molar-refractivity contribution in [3.05, 3.63) is 12.2 Å². The third-order valence-corrected chi connectivity index (χ3v) is 2.44. The van der Waals surface area contributed by atoms with Crippen LogP contribution in [0.25, 0.3) is 0 Å². The molecule has 2 N–H and O–H groups in total. The van der Waals surface area contributed by atoms with E-state index in [4.69, 9.17) is 5.73 Å². The van der Waals surface area contributed by atoms with Gasteiger partial charge >= 0.3 is 0 Å². The highest BCUT2D eigenvalue weighted by Gasteiger charge is 2.22. The minimum atomic E-state index is -0.402. The number of unbranched alkanes of at least 4 members (excludes halogenated alkanes) is 3. The van der Waals surface area contributed by atoms with Crippen LogP contribution in [-0.4, -0.2) is 5.91 Å². The molecule has 0 aromatic heterocycles. The Morgan fingerprint density at radius 3 is 2.43 bits per heavy atom. The Hall–Kier alpha value is -0.790. The van der Waals surface area contributed by atoms with Gasteiger partial charge in [-0.2, -0.15) is 0 Å². The number of carbonyl (C=O) groups is 1. The Morgan fingerprint density at radius 1 is 1.29 bits per heavy atom. The van der Waals surface area contributed by atoms with E-state index in [2.05, 4.69) is 19.1 Å². The Morgan fingerprint density at radius 2 is 1.93 bits per heavy atom. The van der Waals surface area contributed by atoms with Crippen LogP contribution in [0, 0.1) is 5.41 Å². The lowest BCUT2D eigenvalue weighted by Gasteiger charge is -2.17. The number of carbonyl (C=O) groups excluding carboxylic acids is 1. The number of nitrogens with two attached hydrogens (primary N) is 1. The highest BCUT2D eigenvalue weighted by Crippen LogP contribution is 2.19. The van der Waals surface area contributed by atoms with E-state index in [9.17, 15) is 4.79 Å². The predicted octanol–water partition coefficient (Wildman–Crippen LogP) is 3.02. The van der Waals surface area contributed by atoms with Crippen molar-refractivity contribution in [3.8, 4) is 0 Å². The maximum Gasteiger partial charge on any atom is 0.223 e. The van der Waals surface area contributed by atoms with Gasteiger partial charge in [0.05, 0.1) is 0 Å². The van der Waals surface area contributed by atoms with E-state index < -0.39 is 5.41 Å². The monoisotopic (exact) mass is 197 g/mol. The van der Waals surface area contributed by atoms with Crippen LogP contribution < -0.4 is 5.73 Å². The SMILES string of the molecule is CCCCCC=CCC(C)(C)C(N)=O. The molecule has 1 amide bonds. The Kier molecular flexibility index (Phi) is 6.26. The first kappa shape index (κ1) is 13.2. The molecule has 0 fully saturated rings. The number of hydrogen-bond acceptors (Lipinski definition) is 1. The van der Waals surface area contributed by atoms with Crippen molar-refractivity contribution in [1.29, 1.82) is 0 Å². The third kappa shape index (κ3) is 5.79. The highest BCUT2D eigenvalue weighted by molar-refractivity contribution is 5.80. The van der Waals surface area contributed by atoms with Gasteiger partial charge in [-0.3, -0.25) is 4.79 Å². The molecule has 0 rings (SSSR count). The van der Waals surface area contributed by atoms with E-state index in [1.807, 2.05) is 13.8 Å². The van der Waals surface area contributed by atoms with E-state index in [1.165, 1.54) is 19.3 Å². The molecule has 0 heterocycles. The summed E-state index contributed by atoms with van der Waals surface area (Å²) in [6.45, 7) is 5.96. The minimum absolute atomic E-state index is 0.226. The van der Waals surface area contributed by atoms with Crippen LogP contribution in [0.1, 0.15) is 52.9 Å². The molecule has 0 aliphatic carbocycles. The van der Waals surface area contributed by atoms with Crippen molar-refractivity contribution < 1.29 is 4.79 Å². The molecule has 2 nitrogen and oxygen atoms in total. The normalized spacial score (nSPS) is 12.2. The Labute approximate surface area is 87.6 Å². The quantitative estimate of drug-likeness (QED) is 0.495. The molecule has 0 aromatic carbocycles. The van der Waals surface area contributed by atoms with Crippen molar-refractivity contribution in [3.63, 3.8) is 0 Å². The number of amides is 1. The second kappa shape index (κ2) is 6.63. The highest BCUT2D eigenvalue weighted by atomic mass is 16.1. The zero-order valence-electron chi connectivity index (χ0n) is 9.68. The average Bonchev–Trinajstić information content (AvgIpc) is 2.10. The molecule has 0 atom stereocenters. The molecule has 0 spiro atoms. The van der Waals surface area contributed by atoms with E-state index in [-0.39, 0.29) is 5.91 Å². The van der Waals surface area contributed by atoms with Gasteiger partial charge in [-0.15, -0.1) is 0 Å². The van der Waals surface area contributed by atoms with E-state index in [0.29, 0.717) is 0 Å². The van der Waals surface area contributed by atoms with Crippen LogP contribution in [0.3, 0.4) is 0 Å². The zero-order chi connectivity index (χ0) is 11.0. The second-order valence-corrected chi connectivity index (χ2v) is 4.42. The summed E-state index contributed by atoms with van der Waals surface area (Å²) < 4.78 is 0. The van der Waals surface area contributed by atoms with Gasteiger partial charge in [0.25, 0.3) is 0 Å². The molecular formula is C12H23NO. The van der Waals surface area contributed by atoms with Gasteiger partial charge in [-0.05, 0) is 19.3 Å². The lowest BCUT2D eigenvalue weighted by molar-refractivity contribution is -0.125. The topological polar surface area (TPSA) is 43.1 Å². The maximum absolute atomic E-state index is 11.0. The van der Waals surface area contributed by atoms with Crippen LogP contribution in [0.5, 0.6) is 0 Å². The fourth-order valence-electron chi connectivity index (χ4n) is 1.11. The molecule has 0 saturated carbocycles. The molecule has 0 aliphatic rings. The number of rotatable bonds is 7. The van der Waals surface area contributed by atoms with Crippen LogP contribution in [0.2, 0.25) is 0 Å². The van der Waals surface area contributed by atoms with Gasteiger partial charge in [-0.1, -0.05) is 45.8 Å². The smallest absolute Gasteiger partial charge is 0.223 e. The molecule has 0 unspecified atom stereocenters. The molecule has 0 aromatic rings. The van der Waals surface area contributed by atoms with Gasteiger partial charge in [0.15, 0.2) is 0 Å². The van der Waals surface area contributed by atoms with E-state index >= 15 is 0 Å². The fourth-order valence-corrected chi connectivity index (χ4v) is 1.11. The van der Waals surface area contributed by atoms with Crippen molar-refractivity contribution in [2.24, 2.45) is 11.1 Å². The lowest BCUT2D eigenvalue weighted by atomic mass is 9.88. The minimum Gasteiger partial charge on any atom is -0.369 e. The summed E-state index contributed by atoms with van der Waals surface area (Å²) in [4.78, 5) is 11.0. The molecule has 0 bridgehead atoms. The first-order valence-electron chi connectivity index (χ1n) is 5.45. The van der Waals surface area contributed by atoms with Gasteiger partial charge < -0.3 is 5.73 Å². The average molecular weight is 197 g/mol. The molecule has 0 radical (unpaired) electrons. The molecule has 14 heavy (non-hydrogen) atoms. The van der Waals surface area contributed by atoms with Crippen molar-refractivity contribution in [1.82, 2.24) is 0 Å². The Balaban J connectivity index is 3.65. The maximum atomic E-state index is 11.0. The van der Waals surface area contributed by atoms with Crippen LogP contribution in [0.15, 0.2) is 12.2 Å². The van der Waals surface area contributed by atoms with Crippen molar-refractivity contribution in [2.75, 3.05) is 0 Å². The largest absolute Gasteiger partial charge is 0.369 e. The van der Waals surface area contributed by atoms with Gasteiger partial charge in [0, 0.05) is 5.41 Å². The standard InChI is InChI=1S/C12H23NO/c1-4-5-6-7-8-9-10-12(2,3)11(13)14/h8-9H,4-7,10H2,1-3H3,(H2,13,14). The number of primary amides is 1. The summed E-state index contributed by atoms with van der Waals surface area (Å²) in [5.74, 6) is -0.226. The molecule has 0 saturated heterocycles. The van der Waals surface area contributed by atoms with Gasteiger partial charge in [0.2, 0.25) is 5.91 Å². The lowest BCUT2D eigenvalue weighted by Crippen LogP contribution is -2.30. The summed E-state index contributed by atoms with van der Waals surface area (Å²) in [7, 11) is 0. The van der Waals surface area contributed by atoms with Gasteiger partial charge in [-0.25, -0.2) is 0 Å². The molecule has 82 valence electrons. The summed E-state index contributed by atoms with van der Waals surface area (Å²) in [5, 5.41) is 0. The van der Waals surface area contributed by atoms with E-state index in [0.717, 1.165) is 12.8 Å². The Bertz CT molecular complexity index is 194. The molecule has 2 heteroatoms. The fraction of sp³-hybridized carbons (Fsp3) is 0.750. The summed E-state index contributed by atoms with van der Waals surface area (Å²) in [6.07, 6.45) is 9.85. The zero-order valence-corrected chi connectivity index (χ0v) is 9.68. The number of allylic oxidation sites excluding steroid dienone is 2. The van der Waals surface area contributed by atoms with Crippen LogP contribution in [0.4, 0.5) is 0 Å². The first-order valence-corrected chi connectivity index (χ1v) is 5.45. The van der Waals surface area contributed by atoms with Crippen LogP contribution >= 0.6 is 0 Å². The summed E-state index contributed by atoms with van der Waals surface area (Å²) in [5.41, 5.74) is 4.86. The van der Waals surface area contributed by atoms with Crippen molar-refractivity contribution >= 4 is 5.91 Å². The van der Waals surface area contributed by atoms with E-state index in [1.54, 1.807) is 0 Å². The third-order valence-electron chi connectivity index (χ3n) is 2.44. The summed E-state index contributed by atoms with van der Waals surface area (Å²) >= 11 is 0. The molecular weight excluding hydrogens is 174 g/mol. The second-order valence-electron chi connectivity index (χ2n) is 4.42. The predicted molar refractivity (Wildman–Crippen MR) is 60.9 cm³/mol. The van der Waals surface area contributed by atoms with Crippen LogP contribution in [-0.2, 0) is 4.79 Å². The summed E-state index contributed by atoms with van der Waals surface area (Å²) in [6, 6.07) is 0. The number of hydrogen-bond donors (Lipinski definition) is 1.